The van der Waals surface area contributed by atoms with Gasteiger partial charge in [0.25, 0.3) is 5.91 Å². The molecule has 0 bridgehead atoms. The van der Waals surface area contributed by atoms with Crippen LogP contribution in [0.5, 0.6) is 5.75 Å². The second kappa shape index (κ2) is 23.2. The van der Waals surface area contributed by atoms with Crippen LogP contribution in [0.2, 0.25) is 0 Å². The van der Waals surface area contributed by atoms with E-state index in [9.17, 15) is 9.59 Å². The standard InChI is InChI=1S/C28H46N4O7/c1-23(2)7-5-14-35-16-13-31-27(33)10-6-15-36-17-18-37-19-20-38-26(29)22-39-25-9-4-8-24(21-25)28(34)32-12-11-30-3/h4,8-9,21,23,26,30H,6,10-20,22,29H2,1-3H3,(H,31,33)(H,32,34). The van der Waals surface area contributed by atoms with Gasteiger partial charge >= 0.3 is 0 Å². The Bertz CT molecular complexity index is 858. The quantitative estimate of drug-likeness (QED) is 0.0942. The maximum absolute atomic E-state index is 12.1. The summed E-state index contributed by atoms with van der Waals surface area (Å²) in [5, 5.41) is 8.60. The number of hydrogen-bond acceptors (Lipinski definition) is 9. The minimum absolute atomic E-state index is 0.0254. The van der Waals surface area contributed by atoms with E-state index in [1.807, 2.05) is 20.9 Å². The van der Waals surface area contributed by atoms with Gasteiger partial charge in [-0.05, 0) is 31.7 Å². The van der Waals surface area contributed by atoms with E-state index >= 15 is 0 Å². The normalized spacial score (nSPS) is 11.5. The molecule has 11 heteroatoms. The molecule has 0 radical (unpaired) electrons. The maximum Gasteiger partial charge on any atom is 0.251 e. The lowest BCUT2D eigenvalue weighted by Gasteiger charge is -2.15. The Balaban J connectivity index is 1.96. The Kier molecular flexibility index (Phi) is 20.4. The summed E-state index contributed by atoms with van der Waals surface area (Å²) in [6.45, 7) is 8.73. The number of nitrogens with one attached hydrogen (secondary N) is 3. The fourth-order valence-electron chi connectivity index (χ4n) is 2.99. The molecular weight excluding hydrogens is 504 g/mol. The van der Waals surface area contributed by atoms with Crippen LogP contribution in [-0.2, 0) is 23.7 Å². The topological polar surface area (TPSA) is 142 Å². The molecule has 0 heterocycles. The maximum atomic E-state index is 12.1. The highest BCUT2D eigenvalue weighted by atomic mass is 16.6. The zero-order valence-corrected chi connectivity index (χ0v) is 23.6. The molecule has 0 saturated carbocycles. The van der Waals surface area contributed by atoms with Crippen molar-refractivity contribution in [2.75, 3.05) is 79.5 Å². The van der Waals surface area contributed by atoms with Gasteiger partial charge in [0, 0.05) is 44.1 Å². The van der Waals surface area contributed by atoms with Crippen molar-refractivity contribution >= 4 is 11.8 Å². The monoisotopic (exact) mass is 550 g/mol. The van der Waals surface area contributed by atoms with E-state index in [1.165, 1.54) is 0 Å². The van der Waals surface area contributed by atoms with Gasteiger partial charge in [0.2, 0.25) is 5.91 Å². The zero-order chi connectivity index (χ0) is 28.6. The van der Waals surface area contributed by atoms with Gasteiger partial charge in [0.05, 0.1) is 33.0 Å². The Hall–Kier alpha value is -2.72. The first-order valence-electron chi connectivity index (χ1n) is 13.4. The highest BCUT2D eigenvalue weighted by Crippen LogP contribution is 2.13. The number of likely N-dealkylation sites (N-methyl/N-ethyl adjacent to an activating group) is 1. The van der Waals surface area contributed by atoms with Crippen molar-refractivity contribution in [2.24, 2.45) is 11.7 Å². The van der Waals surface area contributed by atoms with Gasteiger partial charge in [-0.2, -0.15) is 0 Å². The largest absolute Gasteiger partial charge is 0.489 e. The molecule has 0 aliphatic carbocycles. The molecule has 0 aliphatic rings. The van der Waals surface area contributed by atoms with Crippen molar-refractivity contribution in [1.82, 2.24) is 16.0 Å². The number of amides is 2. The van der Waals surface area contributed by atoms with E-state index in [0.29, 0.717) is 96.0 Å². The summed E-state index contributed by atoms with van der Waals surface area (Å²) in [5.74, 6) is 6.63. The number of benzene rings is 1. The highest BCUT2D eigenvalue weighted by molar-refractivity contribution is 5.94. The van der Waals surface area contributed by atoms with Crippen molar-refractivity contribution in [3.05, 3.63) is 29.8 Å². The zero-order valence-electron chi connectivity index (χ0n) is 23.6. The molecule has 39 heavy (non-hydrogen) atoms. The van der Waals surface area contributed by atoms with Gasteiger partial charge in [-0.1, -0.05) is 31.8 Å². The van der Waals surface area contributed by atoms with Crippen LogP contribution in [0.1, 0.15) is 37.0 Å². The van der Waals surface area contributed by atoms with Crippen LogP contribution >= 0.6 is 0 Å². The smallest absolute Gasteiger partial charge is 0.251 e. The predicted octanol–water partition coefficient (Wildman–Crippen LogP) is 0.922. The van der Waals surface area contributed by atoms with Gasteiger partial charge in [0.1, 0.15) is 25.2 Å². The van der Waals surface area contributed by atoms with E-state index in [-0.39, 0.29) is 18.4 Å². The van der Waals surface area contributed by atoms with Crippen molar-refractivity contribution in [2.45, 2.75) is 32.9 Å². The minimum atomic E-state index is -0.630. The Morgan fingerprint density at radius 3 is 2.49 bits per heavy atom. The molecule has 1 unspecified atom stereocenters. The van der Waals surface area contributed by atoms with Gasteiger partial charge in [-0.25, -0.2) is 0 Å². The number of rotatable bonds is 22. The molecule has 0 fully saturated rings. The third kappa shape index (κ3) is 19.9. The van der Waals surface area contributed by atoms with E-state index in [2.05, 4.69) is 27.8 Å². The minimum Gasteiger partial charge on any atom is -0.489 e. The van der Waals surface area contributed by atoms with Gasteiger partial charge in [-0.3, -0.25) is 9.59 Å². The summed E-state index contributed by atoms with van der Waals surface area (Å²) in [5.41, 5.74) is 6.44. The summed E-state index contributed by atoms with van der Waals surface area (Å²) < 4.78 is 27.4. The second-order valence-corrected chi connectivity index (χ2v) is 8.81. The number of ether oxygens (including phenoxy) is 5. The predicted molar refractivity (Wildman–Crippen MR) is 149 cm³/mol. The first kappa shape index (κ1) is 34.3. The average Bonchev–Trinajstić information content (AvgIpc) is 2.92. The van der Waals surface area contributed by atoms with Crippen molar-refractivity contribution in [1.29, 1.82) is 0 Å². The van der Waals surface area contributed by atoms with E-state index in [4.69, 9.17) is 29.4 Å². The summed E-state index contributed by atoms with van der Waals surface area (Å²) in [6.07, 6.45) is 0.402. The van der Waals surface area contributed by atoms with E-state index in [1.54, 1.807) is 24.3 Å². The fraction of sp³-hybridized carbons (Fsp3) is 0.643. The van der Waals surface area contributed by atoms with Crippen LogP contribution < -0.4 is 26.4 Å². The molecule has 0 spiro atoms. The Morgan fingerprint density at radius 2 is 1.72 bits per heavy atom. The van der Waals surface area contributed by atoms with E-state index in [0.717, 1.165) is 0 Å². The summed E-state index contributed by atoms with van der Waals surface area (Å²) >= 11 is 0. The number of nitrogens with two attached hydrogens (primary N) is 1. The molecular formula is C28H46N4O7. The molecule has 0 aromatic heterocycles. The first-order valence-corrected chi connectivity index (χ1v) is 13.4. The second-order valence-electron chi connectivity index (χ2n) is 8.81. The number of hydrogen-bond donors (Lipinski definition) is 4. The highest BCUT2D eigenvalue weighted by Gasteiger charge is 2.08. The summed E-state index contributed by atoms with van der Waals surface area (Å²) in [6, 6.07) is 6.90. The molecule has 1 aromatic rings. The molecule has 5 N–H and O–H groups in total. The third-order valence-electron chi connectivity index (χ3n) is 4.93. The number of carbonyl (C=O) groups is 2. The van der Waals surface area contributed by atoms with Crippen molar-refractivity contribution in [3.63, 3.8) is 0 Å². The average molecular weight is 551 g/mol. The van der Waals surface area contributed by atoms with Crippen LogP contribution in [0, 0.1) is 17.8 Å². The molecule has 1 atom stereocenters. The molecule has 0 aliphatic heterocycles. The third-order valence-corrected chi connectivity index (χ3v) is 4.93. The molecule has 2 amide bonds. The first-order chi connectivity index (χ1) is 18.9. The van der Waals surface area contributed by atoms with E-state index < -0.39 is 6.23 Å². The van der Waals surface area contributed by atoms with Crippen molar-refractivity contribution in [3.8, 4) is 17.6 Å². The van der Waals surface area contributed by atoms with Crippen molar-refractivity contribution < 1.29 is 33.3 Å². The SMILES string of the molecule is CNCCNC(=O)c1cccc(OCC(N)OCCOCCOCCCC(=O)NCCOCC#CC(C)C)c1. The van der Waals surface area contributed by atoms with Gasteiger partial charge in [-0.15, -0.1) is 0 Å². The molecule has 1 aromatic carbocycles. The van der Waals surface area contributed by atoms with Gasteiger partial charge < -0.3 is 45.4 Å². The van der Waals surface area contributed by atoms with Crippen LogP contribution in [0.25, 0.3) is 0 Å². The molecule has 11 nitrogen and oxygen atoms in total. The summed E-state index contributed by atoms with van der Waals surface area (Å²) in [7, 11) is 1.83. The molecule has 1 rings (SSSR count). The van der Waals surface area contributed by atoms with Crippen LogP contribution in [0.15, 0.2) is 24.3 Å². The number of carbonyl (C=O) groups excluding carboxylic acids is 2. The fourth-order valence-corrected chi connectivity index (χ4v) is 2.99. The Morgan fingerprint density at radius 1 is 0.949 bits per heavy atom. The van der Waals surface area contributed by atoms with Gasteiger partial charge in [0.15, 0.2) is 0 Å². The molecule has 220 valence electrons. The lowest BCUT2D eigenvalue weighted by atomic mass is 10.2. The van der Waals surface area contributed by atoms with Crippen LogP contribution in [0.3, 0.4) is 0 Å². The lowest BCUT2D eigenvalue weighted by Crippen LogP contribution is -2.32. The van der Waals surface area contributed by atoms with Crippen LogP contribution in [0.4, 0.5) is 0 Å². The lowest BCUT2D eigenvalue weighted by molar-refractivity contribution is -0.121. The van der Waals surface area contributed by atoms with Crippen LogP contribution in [-0.4, -0.2) is 97.6 Å². The Labute approximate surface area is 232 Å². The molecule has 0 saturated heterocycles. The summed E-state index contributed by atoms with van der Waals surface area (Å²) in [4.78, 5) is 23.9.